The molecule has 90 valence electrons. The molecule has 1 saturated heterocycles. The second-order valence-electron chi connectivity index (χ2n) is 5.77. The fourth-order valence-electron chi connectivity index (χ4n) is 1.83. The molecule has 3 nitrogen and oxygen atoms in total. The number of hydrogen-bond donors (Lipinski definition) is 1. The lowest BCUT2D eigenvalue weighted by Crippen LogP contribution is -2.43. The Morgan fingerprint density at radius 3 is 2.40 bits per heavy atom. The van der Waals surface area contributed by atoms with Crippen molar-refractivity contribution in [1.29, 1.82) is 0 Å². The average molecular weight is 214 g/mol. The first-order chi connectivity index (χ1) is 6.97. The fourth-order valence-corrected chi connectivity index (χ4v) is 1.83. The monoisotopic (exact) mass is 214 g/mol. The summed E-state index contributed by atoms with van der Waals surface area (Å²) in [6.45, 7) is 11.7. The van der Waals surface area contributed by atoms with Gasteiger partial charge in [-0.05, 0) is 18.3 Å². The van der Waals surface area contributed by atoms with Crippen LogP contribution in [0.15, 0.2) is 0 Å². The molecule has 2 N–H and O–H groups in total. The van der Waals surface area contributed by atoms with Gasteiger partial charge in [-0.15, -0.1) is 0 Å². The normalized spacial score (nSPS) is 21.6. The summed E-state index contributed by atoms with van der Waals surface area (Å²) < 4.78 is 5.31. The van der Waals surface area contributed by atoms with Gasteiger partial charge in [-0.25, -0.2) is 0 Å². The van der Waals surface area contributed by atoms with E-state index in [2.05, 4.69) is 25.7 Å². The van der Waals surface area contributed by atoms with Gasteiger partial charge in [0.25, 0.3) is 0 Å². The molecule has 0 bridgehead atoms. The number of ether oxygens (including phenoxy) is 1. The minimum Gasteiger partial charge on any atom is -0.379 e. The van der Waals surface area contributed by atoms with Crippen LogP contribution in [-0.2, 0) is 4.74 Å². The van der Waals surface area contributed by atoms with Crippen LogP contribution in [0.1, 0.15) is 33.6 Å². The van der Waals surface area contributed by atoms with E-state index in [0.717, 1.165) is 39.3 Å². The first kappa shape index (κ1) is 12.9. The molecule has 1 heterocycles. The third kappa shape index (κ3) is 6.13. The molecule has 1 unspecified atom stereocenters. The summed E-state index contributed by atoms with van der Waals surface area (Å²) in [4.78, 5) is 2.41. The summed E-state index contributed by atoms with van der Waals surface area (Å²) in [6.07, 6.45) is 2.33. The van der Waals surface area contributed by atoms with Crippen molar-refractivity contribution in [3.8, 4) is 0 Å². The van der Waals surface area contributed by atoms with Crippen molar-refractivity contribution in [2.45, 2.75) is 39.7 Å². The summed E-state index contributed by atoms with van der Waals surface area (Å²) in [6, 6.07) is 0.322. The highest BCUT2D eigenvalue weighted by Crippen LogP contribution is 2.21. The quantitative estimate of drug-likeness (QED) is 0.770. The van der Waals surface area contributed by atoms with Crippen LogP contribution in [0.2, 0.25) is 0 Å². The molecule has 1 aliphatic rings. The van der Waals surface area contributed by atoms with E-state index in [9.17, 15) is 0 Å². The molecular weight excluding hydrogens is 188 g/mol. The van der Waals surface area contributed by atoms with E-state index < -0.39 is 0 Å². The van der Waals surface area contributed by atoms with Gasteiger partial charge in [0.2, 0.25) is 0 Å². The molecule has 0 aromatic rings. The third-order valence-electron chi connectivity index (χ3n) is 2.86. The first-order valence-corrected chi connectivity index (χ1v) is 6.03. The van der Waals surface area contributed by atoms with Gasteiger partial charge in [0, 0.05) is 25.7 Å². The van der Waals surface area contributed by atoms with Gasteiger partial charge >= 0.3 is 0 Å². The van der Waals surface area contributed by atoms with Gasteiger partial charge in [-0.1, -0.05) is 20.8 Å². The van der Waals surface area contributed by atoms with E-state index in [0.29, 0.717) is 11.5 Å². The van der Waals surface area contributed by atoms with Crippen molar-refractivity contribution in [1.82, 2.24) is 4.90 Å². The van der Waals surface area contributed by atoms with Gasteiger partial charge in [-0.3, -0.25) is 4.90 Å². The van der Waals surface area contributed by atoms with Crippen LogP contribution in [0, 0.1) is 5.41 Å². The predicted octanol–water partition coefficient (Wildman–Crippen LogP) is 1.47. The summed E-state index contributed by atoms with van der Waals surface area (Å²) >= 11 is 0. The molecule has 0 saturated carbocycles. The maximum absolute atomic E-state index is 6.13. The molecule has 0 spiro atoms. The van der Waals surface area contributed by atoms with Gasteiger partial charge in [0.15, 0.2) is 0 Å². The molecule has 0 aromatic heterocycles. The van der Waals surface area contributed by atoms with Gasteiger partial charge in [0.05, 0.1) is 13.2 Å². The Hall–Kier alpha value is -0.120. The maximum atomic E-state index is 6.13. The third-order valence-corrected chi connectivity index (χ3v) is 2.86. The van der Waals surface area contributed by atoms with E-state index in [4.69, 9.17) is 10.5 Å². The molecule has 0 amide bonds. The molecule has 3 heteroatoms. The van der Waals surface area contributed by atoms with Gasteiger partial charge in [-0.2, -0.15) is 0 Å². The number of hydrogen-bond acceptors (Lipinski definition) is 3. The van der Waals surface area contributed by atoms with E-state index >= 15 is 0 Å². The molecule has 1 rings (SSSR count). The highest BCUT2D eigenvalue weighted by Gasteiger charge is 2.16. The average Bonchev–Trinajstić information content (AvgIpc) is 2.15. The number of rotatable bonds is 4. The summed E-state index contributed by atoms with van der Waals surface area (Å²) in [5.74, 6) is 0. The van der Waals surface area contributed by atoms with E-state index in [1.807, 2.05) is 0 Å². The van der Waals surface area contributed by atoms with Crippen LogP contribution in [0.25, 0.3) is 0 Å². The van der Waals surface area contributed by atoms with Gasteiger partial charge in [0.1, 0.15) is 0 Å². The topological polar surface area (TPSA) is 38.5 Å². The Morgan fingerprint density at radius 2 is 1.87 bits per heavy atom. The van der Waals surface area contributed by atoms with Crippen LogP contribution in [-0.4, -0.2) is 43.8 Å². The lowest BCUT2D eigenvalue weighted by atomic mass is 9.89. The SMILES string of the molecule is CC(C)(C)CCC(N)CN1CCOCC1. The summed E-state index contributed by atoms with van der Waals surface area (Å²) in [5, 5.41) is 0. The molecule has 1 atom stereocenters. The molecule has 1 fully saturated rings. The van der Waals surface area contributed by atoms with Crippen LogP contribution < -0.4 is 5.73 Å². The lowest BCUT2D eigenvalue weighted by Gasteiger charge is -2.30. The van der Waals surface area contributed by atoms with E-state index in [1.165, 1.54) is 6.42 Å². The highest BCUT2D eigenvalue weighted by molar-refractivity contribution is 4.73. The Morgan fingerprint density at radius 1 is 1.27 bits per heavy atom. The molecule has 0 aromatic carbocycles. The Kier molecular flexibility index (Phi) is 5.03. The summed E-state index contributed by atoms with van der Waals surface area (Å²) in [5.41, 5.74) is 6.53. The van der Waals surface area contributed by atoms with Crippen molar-refractivity contribution in [2.24, 2.45) is 11.1 Å². The van der Waals surface area contributed by atoms with E-state index in [-0.39, 0.29) is 0 Å². The van der Waals surface area contributed by atoms with Gasteiger partial charge < -0.3 is 10.5 Å². The molecule has 0 radical (unpaired) electrons. The summed E-state index contributed by atoms with van der Waals surface area (Å²) in [7, 11) is 0. The predicted molar refractivity (Wildman–Crippen MR) is 63.9 cm³/mol. The lowest BCUT2D eigenvalue weighted by molar-refractivity contribution is 0.0345. The number of nitrogens with two attached hydrogens (primary N) is 1. The Balaban J connectivity index is 2.14. The molecule has 15 heavy (non-hydrogen) atoms. The van der Waals surface area contributed by atoms with Crippen molar-refractivity contribution < 1.29 is 4.74 Å². The highest BCUT2D eigenvalue weighted by atomic mass is 16.5. The Bertz CT molecular complexity index is 171. The number of morpholine rings is 1. The van der Waals surface area contributed by atoms with Crippen molar-refractivity contribution >= 4 is 0 Å². The zero-order valence-corrected chi connectivity index (χ0v) is 10.5. The van der Waals surface area contributed by atoms with Crippen molar-refractivity contribution in [2.75, 3.05) is 32.8 Å². The minimum absolute atomic E-state index is 0.322. The molecule has 1 aliphatic heterocycles. The Labute approximate surface area is 94.0 Å². The van der Waals surface area contributed by atoms with Crippen LogP contribution in [0.3, 0.4) is 0 Å². The van der Waals surface area contributed by atoms with E-state index in [1.54, 1.807) is 0 Å². The molecule has 0 aliphatic carbocycles. The second kappa shape index (κ2) is 5.83. The second-order valence-corrected chi connectivity index (χ2v) is 5.77. The minimum atomic E-state index is 0.322. The molecular formula is C12H26N2O. The van der Waals surface area contributed by atoms with Crippen LogP contribution in [0.5, 0.6) is 0 Å². The standard InChI is InChI=1S/C12H26N2O/c1-12(2,3)5-4-11(13)10-14-6-8-15-9-7-14/h11H,4-10,13H2,1-3H3. The first-order valence-electron chi connectivity index (χ1n) is 6.03. The van der Waals surface area contributed by atoms with Crippen LogP contribution in [0.4, 0.5) is 0 Å². The van der Waals surface area contributed by atoms with Crippen LogP contribution >= 0.6 is 0 Å². The van der Waals surface area contributed by atoms with Crippen molar-refractivity contribution in [3.05, 3.63) is 0 Å². The smallest absolute Gasteiger partial charge is 0.0594 e. The number of nitrogens with zero attached hydrogens (tertiary/aromatic N) is 1. The zero-order chi connectivity index (χ0) is 11.3. The zero-order valence-electron chi connectivity index (χ0n) is 10.5. The maximum Gasteiger partial charge on any atom is 0.0594 e. The fraction of sp³-hybridized carbons (Fsp3) is 1.00. The van der Waals surface area contributed by atoms with Crippen molar-refractivity contribution in [3.63, 3.8) is 0 Å². The largest absolute Gasteiger partial charge is 0.379 e.